The molecule has 6 atom stereocenters. The molecule has 0 saturated heterocycles. The Morgan fingerprint density at radius 1 is 0.308 bits per heavy atom. The number of hydrogen-bond donors (Lipinski definition) is 3. The van der Waals surface area contributed by atoms with Crippen molar-refractivity contribution in [1.29, 1.82) is 0 Å². The Morgan fingerprint density at radius 3 is 0.817 bits per heavy atom. The smallest absolute Gasteiger partial charge is 0.462 e. The lowest BCUT2D eigenvalue weighted by atomic mass is 9.99. The molecule has 0 aliphatic heterocycles. The van der Waals surface area contributed by atoms with Crippen molar-refractivity contribution in [1.82, 2.24) is 0 Å². The van der Waals surface area contributed by atoms with Crippen LogP contribution in [-0.4, -0.2) is 96.7 Å². The van der Waals surface area contributed by atoms with Gasteiger partial charge in [0.05, 0.1) is 26.4 Å². The van der Waals surface area contributed by atoms with E-state index in [1.165, 1.54) is 244 Å². The molecule has 0 fully saturated rings. The van der Waals surface area contributed by atoms with E-state index in [9.17, 15) is 43.2 Å². The highest BCUT2D eigenvalue weighted by molar-refractivity contribution is 7.47. The molecule has 0 heterocycles. The fourth-order valence-electron chi connectivity index (χ4n) is 12.7. The number of ether oxygens (including phenoxy) is 4. The van der Waals surface area contributed by atoms with Crippen molar-refractivity contribution in [3.63, 3.8) is 0 Å². The maximum absolute atomic E-state index is 13.1. The summed E-state index contributed by atoms with van der Waals surface area (Å²) in [5.41, 5.74) is 0. The van der Waals surface area contributed by atoms with Gasteiger partial charge in [-0.15, -0.1) is 0 Å². The lowest BCUT2D eigenvalue weighted by molar-refractivity contribution is -0.161. The minimum Gasteiger partial charge on any atom is -0.462 e. The number of carbonyl (C=O) groups is 4. The second-order valence-electron chi connectivity index (χ2n) is 30.1. The van der Waals surface area contributed by atoms with E-state index in [1.54, 1.807) is 0 Å². The normalized spacial score (nSPS) is 14.2. The van der Waals surface area contributed by atoms with Crippen molar-refractivity contribution in [3.8, 4) is 0 Å². The largest absolute Gasteiger partial charge is 0.472 e. The summed E-state index contributed by atoms with van der Waals surface area (Å²) in [6.45, 7) is 7.34. The van der Waals surface area contributed by atoms with Gasteiger partial charge in [0.2, 0.25) is 0 Å². The average Bonchev–Trinajstić information content (AvgIpc) is 1.28. The third kappa shape index (κ3) is 76.3. The number of phosphoric acid groups is 2. The first-order valence-electron chi connectivity index (χ1n) is 43.5. The molecule has 17 nitrogen and oxygen atoms in total. The number of allylic oxidation sites excluding steroid dienone is 4. The molecule has 0 bridgehead atoms. The van der Waals surface area contributed by atoms with Crippen LogP contribution in [0, 0.1) is 5.92 Å². The van der Waals surface area contributed by atoms with E-state index in [1.807, 2.05) is 0 Å². The fraction of sp³-hybridized carbons (Fsp3) is 0.906. The summed E-state index contributed by atoms with van der Waals surface area (Å²) in [5.74, 6) is -1.26. The third-order valence-electron chi connectivity index (χ3n) is 19.8. The number of aliphatic hydroxyl groups is 1. The first-order chi connectivity index (χ1) is 50.6. The Bertz CT molecular complexity index is 2080. The van der Waals surface area contributed by atoms with E-state index in [2.05, 4.69) is 58.9 Å². The zero-order valence-corrected chi connectivity index (χ0v) is 69.4. The van der Waals surface area contributed by atoms with Gasteiger partial charge in [0.1, 0.15) is 19.3 Å². The maximum atomic E-state index is 13.1. The Hall–Kier alpha value is -2.46. The SMILES string of the molecule is CCCCCC/C=C\C=C/CCCCCCCC(=O)O[C@H](COC(=O)CCCCCCCCCCC)COP(=O)(O)OC[C@H](O)COP(=O)(O)OC[C@@H](COC(=O)CCCCCCCCCCCCCCCCCCCC)OC(=O)CCCCCCCCCCCCCCCCCCCCC(C)CC. The molecule has 3 N–H and O–H groups in total. The summed E-state index contributed by atoms with van der Waals surface area (Å²) in [5, 5.41) is 10.7. The van der Waals surface area contributed by atoms with Crippen molar-refractivity contribution >= 4 is 39.5 Å². The Labute approximate surface area is 637 Å². The summed E-state index contributed by atoms with van der Waals surface area (Å²) >= 11 is 0. The van der Waals surface area contributed by atoms with Crippen LogP contribution in [0.4, 0.5) is 0 Å². The van der Waals surface area contributed by atoms with Crippen molar-refractivity contribution in [3.05, 3.63) is 24.3 Å². The van der Waals surface area contributed by atoms with Gasteiger partial charge in [-0.2, -0.15) is 0 Å². The number of aliphatic hydroxyl groups excluding tert-OH is 1. The van der Waals surface area contributed by atoms with Crippen LogP contribution in [0.25, 0.3) is 0 Å². The molecule has 614 valence electrons. The predicted octanol–water partition coefficient (Wildman–Crippen LogP) is 25.5. The first-order valence-corrected chi connectivity index (χ1v) is 46.5. The number of rotatable bonds is 83. The number of phosphoric ester groups is 2. The van der Waals surface area contributed by atoms with E-state index in [0.717, 1.165) is 109 Å². The van der Waals surface area contributed by atoms with E-state index in [4.69, 9.17) is 37.0 Å². The lowest BCUT2D eigenvalue weighted by Gasteiger charge is -2.21. The Kier molecular flexibility index (Phi) is 75.4. The summed E-state index contributed by atoms with van der Waals surface area (Å²) in [6, 6.07) is 0. The van der Waals surface area contributed by atoms with Gasteiger partial charge in [-0.3, -0.25) is 37.3 Å². The molecule has 0 aromatic rings. The molecule has 0 spiro atoms. The van der Waals surface area contributed by atoms with E-state index >= 15 is 0 Å². The summed E-state index contributed by atoms with van der Waals surface area (Å²) in [7, 11) is -9.93. The van der Waals surface area contributed by atoms with Gasteiger partial charge < -0.3 is 33.8 Å². The highest BCUT2D eigenvalue weighted by Crippen LogP contribution is 2.45. The second kappa shape index (κ2) is 77.3. The highest BCUT2D eigenvalue weighted by Gasteiger charge is 2.30. The molecule has 0 rings (SSSR count). The summed E-state index contributed by atoms with van der Waals surface area (Å²) in [4.78, 5) is 73.1. The number of esters is 4. The van der Waals surface area contributed by atoms with Gasteiger partial charge >= 0.3 is 39.5 Å². The highest BCUT2D eigenvalue weighted by atomic mass is 31.2. The van der Waals surface area contributed by atoms with Crippen LogP contribution in [0.2, 0.25) is 0 Å². The fourth-order valence-corrected chi connectivity index (χ4v) is 14.3. The maximum Gasteiger partial charge on any atom is 0.472 e. The minimum absolute atomic E-state index is 0.0855. The number of unbranched alkanes of at least 4 members (excludes halogenated alkanes) is 51. The molecule has 0 saturated carbocycles. The Balaban J connectivity index is 5.23. The molecule has 0 aliphatic rings. The van der Waals surface area contributed by atoms with E-state index in [0.29, 0.717) is 25.7 Å². The van der Waals surface area contributed by atoms with Crippen molar-refractivity contribution < 1.29 is 80.2 Å². The first kappa shape index (κ1) is 102. The van der Waals surface area contributed by atoms with E-state index < -0.39 is 97.5 Å². The summed E-state index contributed by atoms with van der Waals surface area (Å²) in [6.07, 6.45) is 73.0. The zero-order valence-electron chi connectivity index (χ0n) is 67.7. The van der Waals surface area contributed by atoms with Gasteiger partial charge in [-0.25, -0.2) is 9.13 Å². The van der Waals surface area contributed by atoms with Crippen LogP contribution >= 0.6 is 15.6 Å². The van der Waals surface area contributed by atoms with Crippen LogP contribution in [0.5, 0.6) is 0 Å². The predicted molar refractivity (Wildman–Crippen MR) is 428 cm³/mol. The Morgan fingerprint density at radius 2 is 0.538 bits per heavy atom. The van der Waals surface area contributed by atoms with Crippen molar-refractivity contribution in [2.24, 2.45) is 5.92 Å². The van der Waals surface area contributed by atoms with Gasteiger partial charge in [0, 0.05) is 25.7 Å². The molecule has 19 heteroatoms. The third-order valence-corrected chi connectivity index (χ3v) is 21.7. The zero-order chi connectivity index (χ0) is 76.2. The lowest BCUT2D eigenvalue weighted by Crippen LogP contribution is -2.30. The van der Waals surface area contributed by atoms with Crippen LogP contribution in [-0.2, 0) is 65.4 Å². The number of hydrogen-bond acceptors (Lipinski definition) is 15. The molecular weight excluding hydrogens is 1350 g/mol. The molecule has 0 aromatic heterocycles. The number of carbonyl (C=O) groups excluding carboxylic acids is 4. The minimum atomic E-state index is -4.97. The van der Waals surface area contributed by atoms with Gasteiger partial charge in [0.25, 0.3) is 0 Å². The molecule has 3 unspecified atom stereocenters. The van der Waals surface area contributed by atoms with Crippen LogP contribution in [0.3, 0.4) is 0 Å². The standard InChI is InChI=1S/C85H162O17P2/c1-6-10-13-16-19-22-24-26-28-29-33-37-40-44-49-54-59-64-69-83(88)96-75-81(102-85(90)71-66-61-56-51-46-42-38-34-31-30-32-36-39-43-48-52-57-62-67-78(5)9-4)77-100-104(93,94)98-73-79(86)72-97-103(91,92)99-76-80(74-95-82(87)68-63-58-53-47-21-18-15-12-8-3)101-84(89)70-65-60-55-50-45-41-35-27-25-23-20-17-14-11-7-2/h23,25,27,35,78-81,86H,6-22,24,26,28-34,36-77H2,1-5H3,(H,91,92)(H,93,94)/b25-23-,35-27-/t78?,79-,80+,81+/m0/s1. The van der Waals surface area contributed by atoms with Crippen molar-refractivity contribution in [2.45, 2.75) is 451 Å². The molecule has 104 heavy (non-hydrogen) atoms. The average molecular weight is 1520 g/mol. The topological polar surface area (TPSA) is 237 Å². The van der Waals surface area contributed by atoms with Crippen LogP contribution in [0.1, 0.15) is 433 Å². The molecule has 0 aromatic carbocycles. The molecule has 0 radical (unpaired) electrons. The molecular formula is C85H162O17P2. The van der Waals surface area contributed by atoms with Gasteiger partial charge in [-0.1, -0.05) is 380 Å². The monoisotopic (exact) mass is 1520 g/mol. The van der Waals surface area contributed by atoms with Gasteiger partial charge in [0.15, 0.2) is 12.2 Å². The second-order valence-corrected chi connectivity index (χ2v) is 33.0. The van der Waals surface area contributed by atoms with Crippen LogP contribution < -0.4 is 0 Å². The van der Waals surface area contributed by atoms with Gasteiger partial charge in [-0.05, 0) is 57.3 Å². The summed E-state index contributed by atoms with van der Waals surface area (Å²) < 4.78 is 68.7. The van der Waals surface area contributed by atoms with Crippen LogP contribution in [0.15, 0.2) is 24.3 Å². The molecule has 0 aliphatic carbocycles. The van der Waals surface area contributed by atoms with Crippen molar-refractivity contribution in [2.75, 3.05) is 39.6 Å². The molecule has 0 amide bonds. The van der Waals surface area contributed by atoms with E-state index in [-0.39, 0.29) is 25.7 Å². The quantitative estimate of drug-likeness (QED) is 0.0169.